The minimum Gasteiger partial charge on any atom is -0.468 e. The molecule has 4 nitrogen and oxygen atoms in total. The molecule has 0 aliphatic rings. The normalized spacial score (nSPS) is 10.8. The van der Waals surface area contributed by atoms with E-state index in [-0.39, 0.29) is 0 Å². The third kappa shape index (κ3) is 2.40. The van der Waals surface area contributed by atoms with Crippen molar-refractivity contribution in [1.29, 1.82) is 0 Å². The number of furan rings is 1. The molecule has 0 aliphatic heterocycles. The van der Waals surface area contributed by atoms with Crippen LogP contribution >= 0.6 is 11.6 Å². The van der Waals surface area contributed by atoms with Crippen molar-refractivity contribution < 1.29 is 4.42 Å². The van der Waals surface area contributed by atoms with E-state index in [2.05, 4.69) is 10.4 Å². The molecule has 0 aromatic carbocycles. The molecule has 0 bridgehead atoms. The van der Waals surface area contributed by atoms with Crippen LogP contribution in [-0.4, -0.2) is 16.8 Å². The second-order valence-electron chi connectivity index (χ2n) is 3.26. The molecule has 0 fully saturated rings. The van der Waals surface area contributed by atoms with Gasteiger partial charge in [-0.25, -0.2) is 0 Å². The first kappa shape index (κ1) is 10.3. The Morgan fingerprint density at radius 1 is 1.60 bits per heavy atom. The fraction of sp³-hybridized carbons (Fsp3) is 0.300. The van der Waals surface area contributed by atoms with Crippen molar-refractivity contribution in [2.24, 2.45) is 0 Å². The zero-order chi connectivity index (χ0) is 10.7. The van der Waals surface area contributed by atoms with E-state index in [1.54, 1.807) is 23.3 Å². The zero-order valence-electron chi connectivity index (χ0n) is 8.40. The average Bonchev–Trinajstić information content (AvgIpc) is 2.78. The molecule has 2 rings (SSSR count). The van der Waals surface area contributed by atoms with Crippen molar-refractivity contribution in [3.63, 3.8) is 0 Å². The summed E-state index contributed by atoms with van der Waals surface area (Å²) in [5.74, 6) is 0.934. The molecule has 2 heterocycles. The van der Waals surface area contributed by atoms with Crippen molar-refractivity contribution in [2.75, 3.05) is 7.05 Å². The fourth-order valence-corrected chi connectivity index (χ4v) is 1.58. The van der Waals surface area contributed by atoms with Crippen LogP contribution in [0.5, 0.6) is 0 Å². The highest BCUT2D eigenvalue weighted by molar-refractivity contribution is 6.30. The second-order valence-corrected chi connectivity index (χ2v) is 3.69. The average molecular weight is 226 g/mol. The van der Waals surface area contributed by atoms with Gasteiger partial charge in [-0.15, -0.1) is 0 Å². The molecule has 2 aromatic rings. The highest BCUT2D eigenvalue weighted by Crippen LogP contribution is 2.13. The summed E-state index contributed by atoms with van der Waals surface area (Å²) in [5.41, 5.74) is 1.11. The first-order chi connectivity index (χ1) is 7.29. The standard InChI is InChI=1S/C10H12ClN3O/c1-12-5-10-8(2-3-15-10)6-14-7-9(11)4-13-14/h2-4,7,12H,5-6H2,1H3. The van der Waals surface area contributed by atoms with Gasteiger partial charge in [0.05, 0.1) is 30.6 Å². The Morgan fingerprint density at radius 3 is 3.13 bits per heavy atom. The maximum atomic E-state index is 5.78. The first-order valence-electron chi connectivity index (χ1n) is 4.67. The van der Waals surface area contributed by atoms with Gasteiger partial charge in [-0.1, -0.05) is 11.6 Å². The van der Waals surface area contributed by atoms with E-state index in [1.807, 2.05) is 13.1 Å². The molecular formula is C10H12ClN3O. The smallest absolute Gasteiger partial charge is 0.122 e. The van der Waals surface area contributed by atoms with Gasteiger partial charge in [0.15, 0.2) is 0 Å². The third-order valence-electron chi connectivity index (χ3n) is 2.11. The molecule has 80 valence electrons. The monoisotopic (exact) mass is 225 g/mol. The second kappa shape index (κ2) is 4.51. The minimum atomic E-state index is 0.647. The van der Waals surface area contributed by atoms with Crippen LogP contribution < -0.4 is 5.32 Å². The molecule has 0 atom stereocenters. The van der Waals surface area contributed by atoms with E-state index in [0.29, 0.717) is 11.6 Å². The van der Waals surface area contributed by atoms with Crippen molar-refractivity contribution in [3.05, 3.63) is 41.1 Å². The van der Waals surface area contributed by atoms with Crippen LogP contribution in [0.1, 0.15) is 11.3 Å². The van der Waals surface area contributed by atoms with E-state index >= 15 is 0 Å². The van der Waals surface area contributed by atoms with Crippen LogP contribution in [0.25, 0.3) is 0 Å². The van der Waals surface area contributed by atoms with Gasteiger partial charge < -0.3 is 9.73 Å². The lowest BCUT2D eigenvalue weighted by atomic mass is 10.2. The van der Waals surface area contributed by atoms with Gasteiger partial charge in [-0.05, 0) is 13.1 Å². The first-order valence-corrected chi connectivity index (χ1v) is 5.05. The molecule has 15 heavy (non-hydrogen) atoms. The Bertz CT molecular complexity index is 435. The van der Waals surface area contributed by atoms with Gasteiger partial charge >= 0.3 is 0 Å². The molecular weight excluding hydrogens is 214 g/mol. The lowest BCUT2D eigenvalue weighted by Crippen LogP contribution is -2.08. The Labute approximate surface area is 92.8 Å². The summed E-state index contributed by atoms with van der Waals surface area (Å²) in [7, 11) is 1.89. The molecule has 0 radical (unpaired) electrons. The van der Waals surface area contributed by atoms with E-state index in [1.165, 1.54) is 0 Å². The minimum absolute atomic E-state index is 0.647. The number of nitrogens with zero attached hydrogens (tertiary/aromatic N) is 2. The molecule has 1 N–H and O–H groups in total. The Balaban J connectivity index is 2.13. The van der Waals surface area contributed by atoms with Crippen molar-refractivity contribution >= 4 is 11.6 Å². The molecule has 0 amide bonds. The van der Waals surface area contributed by atoms with E-state index in [0.717, 1.165) is 17.9 Å². The maximum Gasteiger partial charge on any atom is 0.122 e. The van der Waals surface area contributed by atoms with Gasteiger partial charge in [0.2, 0.25) is 0 Å². The number of hydrogen-bond acceptors (Lipinski definition) is 3. The van der Waals surface area contributed by atoms with Crippen LogP contribution in [-0.2, 0) is 13.1 Å². The highest BCUT2D eigenvalue weighted by atomic mass is 35.5. The van der Waals surface area contributed by atoms with Crippen molar-refractivity contribution in [1.82, 2.24) is 15.1 Å². The molecule has 0 saturated carbocycles. The summed E-state index contributed by atoms with van der Waals surface area (Å²) >= 11 is 5.78. The summed E-state index contributed by atoms with van der Waals surface area (Å²) in [6.45, 7) is 1.40. The number of hydrogen-bond donors (Lipinski definition) is 1. The van der Waals surface area contributed by atoms with Gasteiger partial charge in [0.1, 0.15) is 5.76 Å². The van der Waals surface area contributed by atoms with E-state index in [4.69, 9.17) is 16.0 Å². The van der Waals surface area contributed by atoms with E-state index < -0.39 is 0 Å². The van der Waals surface area contributed by atoms with Gasteiger partial charge in [0.25, 0.3) is 0 Å². The number of rotatable bonds is 4. The number of aromatic nitrogens is 2. The predicted octanol–water partition coefficient (Wildman–Crippen LogP) is 1.90. The molecule has 0 unspecified atom stereocenters. The Hall–Kier alpha value is -1.26. The largest absolute Gasteiger partial charge is 0.468 e. The van der Waals surface area contributed by atoms with E-state index in [9.17, 15) is 0 Å². The lowest BCUT2D eigenvalue weighted by Gasteiger charge is -2.02. The number of nitrogens with one attached hydrogen (secondary N) is 1. The summed E-state index contributed by atoms with van der Waals surface area (Å²) in [4.78, 5) is 0. The van der Waals surface area contributed by atoms with Crippen molar-refractivity contribution in [2.45, 2.75) is 13.1 Å². The van der Waals surface area contributed by atoms with Crippen molar-refractivity contribution in [3.8, 4) is 0 Å². The summed E-state index contributed by atoms with van der Waals surface area (Å²) in [6.07, 6.45) is 5.10. The quantitative estimate of drug-likeness (QED) is 0.864. The van der Waals surface area contributed by atoms with Crippen LogP contribution in [0, 0.1) is 0 Å². The van der Waals surface area contributed by atoms with Gasteiger partial charge in [0, 0.05) is 11.8 Å². The molecule has 0 aliphatic carbocycles. The Kier molecular flexibility index (Phi) is 3.08. The Morgan fingerprint density at radius 2 is 2.47 bits per heavy atom. The molecule has 0 spiro atoms. The third-order valence-corrected chi connectivity index (χ3v) is 2.30. The summed E-state index contributed by atoms with van der Waals surface area (Å²) < 4.78 is 7.13. The summed E-state index contributed by atoms with van der Waals surface area (Å²) in [5, 5.41) is 7.81. The summed E-state index contributed by atoms with van der Waals surface area (Å²) in [6, 6.07) is 1.95. The fourth-order valence-electron chi connectivity index (χ4n) is 1.42. The SMILES string of the molecule is CNCc1occc1Cn1cc(Cl)cn1. The molecule has 5 heteroatoms. The lowest BCUT2D eigenvalue weighted by molar-refractivity contribution is 0.487. The van der Waals surface area contributed by atoms with Crippen LogP contribution in [0.4, 0.5) is 0 Å². The topological polar surface area (TPSA) is 43.0 Å². The van der Waals surface area contributed by atoms with Crippen LogP contribution in [0.15, 0.2) is 29.1 Å². The molecule has 0 saturated heterocycles. The van der Waals surface area contributed by atoms with Gasteiger partial charge in [-0.2, -0.15) is 5.10 Å². The van der Waals surface area contributed by atoms with Gasteiger partial charge in [-0.3, -0.25) is 4.68 Å². The molecule has 2 aromatic heterocycles. The predicted molar refractivity (Wildman–Crippen MR) is 57.8 cm³/mol. The zero-order valence-corrected chi connectivity index (χ0v) is 9.16. The maximum absolute atomic E-state index is 5.78. The highest BCUT2D eigenvalue weighted by Gasteiger charge is 2.06. The van der Waals surface area contributed by atoms with Crippen LogP contribution in [0.3, 0.4) is 0 Å². The van der Waals surface area contributed by atoms with Crippen LogP contribution in [0.2, 0.25) is 5.02 Å². The number of halogens is 1.